The van der Waals surface area contributed by atoms with Crippen molar-refractivity contribution in [2.75, 3.05) is 19.6 Å². The van der Waals surface area contributed by atoms with Gasteiger partial charge in [-0.3, -0.25) is 4.57 Å². The molecule has 0 aliphatic heterocycles. The van der Waals surface area contributed by atoms with Crippen molar-refractivity contribution in [3.05, 3.63) is 29.8 Å². The molecule has 0 aliphatic carbocycles. The predicted molar refractivity (Wildman–Crippen MR) is 67.5 cm³/mol. The van der Waals surface area contributed by atoms with E-state index in [-0.39, 0.29) is 6.35 Å². The lowest BCUT2D eigenvalue weighted by Crippen LogP contribution is -2.05. The predicted octanol–water partition coefficient (Wildman–Crippen LogP) is 3.60. The lowest BCUT2D eigenvalue weighted by atomic mass is 10.2. The van der Waals surface area contributed by atoms with Crippen LogP contribution in [-0.2, 0) is 13.6 Å². The number of hydrogen-bond donors (Lipinski definition) is 0. The van der Waals surface area contributed by atoms with Crippen LogP contribution in [0.5, 0.6) is 5.75 Å². The van der Waals surface area contributed by atoms with Gasteiger partial charge in [0.05, 0.1) is 13.2 Å². The number of benzene rings is 1. The van der Waals surface area contributed by atoms with Gasteiger partial charge in [-0.2, -0.15) is 0 Å². The average molecular weight is 258 g/mol. The number of rotatable bonds is 7. The first-order valence-corrected chi connectivity index (χ1v) is 7.40. The summed E-state index contributed by atoms with van der Waals surface area (Å²) in [6, 6.07) is 7.55. The Morgan fingerprint density at radius 3 is 2.35 bits per heavy atom. The topological polar surface area (TPSA) is 44.8 Å². The van der Waals surface area contributed by atoms with Crippen LogP contribution in [0.1, 0.15) is 19.4 Å². The zero-order chi connectivity index (χ0) is 12.7. The van der Waals surface area contributed by atoms with E-state index >= 15 is 0 Å². The fraction of sp³-hybridized carbons (Fsp3) is 0.500. The molecule has 96 valence electrons. The number of ether oxygens (including phenoxy) is 1. The highest BCUT2D eigenvalue weighted by molar-refractivity contribution is 7.53. The maximum Gasteiger partial charge on any atom is 0.367 e. The van der Waals surface area contributed by atoms with Crippen molar-refractivity contribution in [2.24, 2.45) is 0 Å². The van der Waals surface area contributed by atoms with Gasteiger partial charge in [-0.25, -0.2) is 0 Å². The Labute approximate surface area is 102 Å². The van der Waals surface area contributed by atoms with Gasteiger partial charge in [-0.15, -0.1) is 0 Å². The second kappa shape index (κ2) is 6.80. The van der Waals surface area contributed by atoms with E-state index in [4.69, 9.17) is 13.8 Å². The summed E-state index contributed by atoms with van der Waals surface area (Å²) in [6.07, 6.45) is -0.0574. The Kier molecular flexibility index (Phi) is 5.69. The van der Waals surface area contributed by atoms with Gasteiger partial charge < -0.3 is 13.8 Å². The zero-order valence-electron chi connectivity index (χ0n) is 10.5. The summed E-state index contributed by atoms with van der Waals surface area (Å²) in [5.74, 6) is 0.671. The minimum atomic E-state index is -3.12. The molecule has 0 heterocycles. The van der Waals surface area contributed by atoms with Crippen LogP contribution in [0.15, 0.2) is 24.3 Å². The lowest BCUT2D eigenvalue weighted by Gasteiger charge is -2.17. The van der Waals surface area contributed by atoms with E-state index in [1.54, 1.807) is 13.8 Å². The quantitative estimate of drug-likeness (QED) is 0.701. The maximum atomic E-state index is 12.1. The lowest BCUT2D eigenvalue weighted by molar-refractivity contribution is 0.197. The van der Waals surface area contributed by atoms with Gasteiger partial charge in [-0.1, -0.05) is 12.1 Å². The van der Waals surface area contributed by atoms with Crippen LogP contribution in [0.25, 0.3) is 0 Å². The van der Waals surface area contributed by atoms with E-state index in [2.05, 4.69) is 0 Å². The van der Waals surface area contributed by atoms with Crippen LogP contribution in [0, 0.1) is 6.92 Å². The summed E-state index contributed by atoms with van der Waals surface area (Å²) in [4.78, 5) is 0. The largest absolute Gasteiger partial charge is 0.481 e. The fourth-order valence-corrected chi connectivity index (χ4v) is 2.68. The van der Waals surface area contributed by atoms with Crippen LogP contribution in [0.3, 0.4) is 0 Å². The summed E-state index contributed by atoms with van der Waals surface area (Å²) >= 11 is 0. The van der Waals surface area contributed by atoms with Gasteiger partial charge in [0.15, 0.2) is 6.35 Å². The molecule has 0 atom stereocenters. The van der Waals surface area contributed by atoms with E-state index in [9.17, 15) is 4.57 Å². The summed E-state index contributed by atoms with van der Waals surface area (Å²) in [5, 5.41) is 0. The van der Waals surface area contributed by atoms with Crippen molar-refractivity contribution < 1.29 is 18.3 Å². The van der Waals surface area contributed by atoms with Crippen LogP contribution in [0.2, 0.25) is 0 Å². The second-order valence-electron chi connectivity index (χ2n) is 3.54. The van der Waals surface area contributed by atoms with Crippen molar-refractivity contribution in [3.8, 4) is 5.75 Å². The van der Waals surface area contributed by atoms with Crippen molar-refractivity contribution in [3.63, 3.8) is 0 Å². The van der Waals surface area contributed by atoms with Crippen molar-refractivity contribution >= 4 is 7.60 Å². The third-order valence-corrected chi connectivity index (χ3v) is 3.78. The zero-order valence-corrected chi connectivity index (χ0v) is 11.4. The molecule has 0 amide bonds. The van der Waals surface area contributed by atoms with Gasteiger partial charge in [0.25, 0.3) is 0 Å². The van der Waals surface area contributed by atoms with Gasteiger partial charge in [0, 0.05) is 0 Å². The van der Waals surface area contributed by atoms with E-state index in [0.717, 1.165) is 5.56 Å². The molecule has 0 saturated heterocycles. The van der Waals surface area contributed by atoms with Crippen molar-refractivity contribution in [2.45, 2.75) is 20.8 Å². The van der Waals surface area contributed by atoms with E-state index in [1.807, 2.05) is 31.2 Å². The first-order chi connectivity index (χ1) is 8.09. The highest BCUT2D eigenvalue weighted by atomic mass is 31.2. The van der Waals surface area contributed by atoms with Crippen molar-refractivity contribution in [1.82, 2.24) is 0 Å². The monoisotopic (exact) mass is 258 g/mol. The van der Waals surface area contributed by atoms with Gasteiger partial charge >= 0.3 is 7.60 Å². The Morgan fingerprint density at radius 1 is 1.18 bits per heavy atom. The Bertz CT molecular complexity index is 382. The molecule has 1 rings (SSSR count). The van der Waals surface area contributed by atoms with Crippen LogP contribution in [-0.4, -0.2) is 19.6 Å². The normalized spacial score (nSPS) is 11.5. The molecule has 0 aromatic heterocycles. The number of hydrogen-bond acceptors (Lipinski definition) is 4. The smallest absolute Gasteiger partial charge is 0.367 e. The van der Waals surface area contributed by atoms with E-state index < -0.39 is 7.60 Å². The molecule has 0 bridgehead atoms. The first-order valence-electron chi connectivity index (χ1n) is 5.67. The molecule has 4 nitrogen and oxygen atoms in total. The van der Waals surface area contributed by atoms with Crippen molar-refractivity contribution in [1.29, 1.82) is 0 Å². The molecule has 0 saturated carbocycles. The number of aryl methyl sites for hydroxylation is 1. The molecular formula is C12H19O4P. The molecule has 1 aromatic rings. The second-order valence-corrected chi connectivity index (χ2v) is 5.53. The highest BCUT2D eigenvalue weighted by Crippen LogP contribution is 2.47. The molecule has 0 radical (unpaired) electrons. The Morgan fingerprint density at radius 2 is 1.82 bits per heavy atom. The maximum absolute atomic E-state index is 12.1. The third-order valence-electron chi connectivity index (χ3n) is 2.03. The standard InChI is InChI=1S/C12H19O4P/c1-4-15-17(13,16-5-2)10-14-12-8-6-7-11(3)9-12/h6-9H,4-5,10H2,1-3H3. The summed E-state index contributed by atoms with van der Waals surface area (Å²) in [6.45, 7) is 6.21. The Hall–Kier alpha value is -0.830. The molecule has 5 heteroatoms. The summed E-state index contributed by atoms with van der Waals surface area (Å²) in [7, 11) is -3.12. The summed E-state index contributed by atoms with van der Waals surface area (Å²) < 4.78 is 27.8. The molecule has 17 heavy (non-hydrogen) atoms. The highest BCUT2D eigenvalue weighted by Gasteiger charge is 2.24. The van der Waals surface area contributed by atoms with Gasteiger partial charge in [0.2, 0.25) is 0 Å². The van der Waals surface area contributed by atoms with Crippen LogP contribution < -0.4 is 4.74 Å². The van der Waals surface area contributed by atoms with E-state index in [0.29, 0.717) is 19.0 Å². The van der Waals surface area contributed by atoms with Gasteiger partial charge in [-0.05, 0) is 38.5 Å². The Balaban J connectivity index is 2.60. The van der Waals surface area contributed by atoms with Crippen LogP contribution in [0.4, 0.5) is 0 Å². The minimum Gasteiger partial charge on any atom is -0.481 e. The molecule has 0 spiro atoms. The SMILES string of the molecule is CCOP(=O)(COc1cccc(C)c1)OCC. The molecule has 0 aliphatic rings. The third kappa shape index (κ3) is 4.90. The molecule has 0 N–H and O–H groups in total. The minimum absolute atomic E-state index is 0.0574. The molecular weight excluding hydrogens is 239 g/mol. The fourth-order valence-electron chi connectivity index (χ4n) is 1.36. The molecule has 0 fully saturated rings. The first kappa shape index (κ1) is 14.2. The summed E-state index contributed by atoms with van der Waals surface area (Å²) in [5.41, 5.74) is 1.09. The molecule has 1 aromatic carbocycles. The molecule has 0 unspecified atom stereocenters. The van der Waals surface area contributed by atoms with E-state index in [1.165, 1.54) is 0 Å². The van der Waals surface area contributed by atoms with Gasteiger partial charge in [0.1, 0.15) is 5.75 Å². The van der Waals surface area contributed by atoms with Crippen LogP contribution >= 0.6 is 7.60 Å². The average Bonchev–Trinajstić information content (AvgIpc) is 2.27.